The van der Waals surface area contributed by atoms with E-state index in [1.54, 1.807) is 0 Å². The van der Waals surface area contributed by atoms with Crippen molar-refractivity contribution >= 4 is 11.9 Å². The molecule has 1 saturated heterocycles. The molecule has 92 valence electrons. The Morgan fingerprint density at radius 3 is 2.56 bits per heavy atom. The number of aliphatic carboxylic acids is 1. The number of hydrogen-bond donors (Lipinski definition) is 1. The Hall–Kier alpha value is -1.10. The molecule has 1 N–H and O–H groups in total. The van der Waals surface area contributed by atoms with E-state index in [0.717, 1.165) is 12.8 Å². The van der Waals surface area contributed by atoms with Crippen molar-refractivity contribution in [3.05, 3.63) is 0 Å². The van der Waals surface area contributed by atoms with E-state index in [4.69, 9.17) is 9.84 Å². The molecule has 0 aromatic heterocycles. The number of likely N-dealkylation sites (N-methyl/N-ethyl adjacent to an activating group) is 1. The summed E-state index contributed by atoms with van der Waals surface area (Å²) in [6.07, 6.45) is 2.09. The molecule has 0 saturated carbocycles. The van der Waals surface area contributed by atoms with Crippen molar-refractivity contribution in [3.8, 4) is 0 Å². The lowest BCUT2D eigenvalue weighted by atomic mass is 10.0. The topological polar surface area (TPSA) is 66.8 Å². The number of ether oxygens (including phenoxy) is 1. The first-order valence-electron chi connectivity index (χ1n) is 5.47. The first kappa shape index (κ1) is 13.0. The molecule has 1 aliphatic heterocycles. The summed E-state index contributed by atoms with van der Waals surface area (Å²) in [6, 6.07) is 0. The number of nitrogens with zero attached hydrogens (tertiary/aromatic N) is 1. The summed E-state index contributed by atoms with van der Waals surface area (Å²) in [4.78, 5) is 24.1. The summed E-state index contributed by atoms with van der Waals surface area (Å²) < 4.78 is 5.35. The fourth-order valence-electron chi connectivity index (χ4n) is 1.59. The van der Waals surface area contributed by atoms with Crippen LogP contribution in [0, 0.1) is 0 Å². The van der Waals surface area contributed by atoms with E-state index in [-0.39, 0.29) is 18.4 Å². The zero-order valence-electron chi connectivity index (χ0n) is 10.0. The van der Waals surface area contributed by atoms with Gasteiger partial charge in [-0.2, -0.15) is 0 Å². The first-order valence-corrected chi connectivity index (χ1v) is 5.47. The lowest BCUT2D eigenvalue weighted by Gasteiger charge is -2.32. The third-order valence-corrected chi connectivity index (χ3v) is 3.16. The fraction of sp³-hybridized carbons (Fsp3) is 0.818. The third kappa shape index (κ3) is 2.72. The van der Waals surface area contributed by atoms with Gasteiger partial charge in [0.1, 0.15) is 5.54 Å². The molecule has 0 aromatic rings. The Bertz CT molecular complexity index is 282. The van der Waals surface area contributed by atoms with E-state index < -0.39 is 11.5 Å². The average Bonchev–Trinajstić information content (AvgIpc) is 2.68. The molecule has 1 aliphatic rings. The molecule has 0 spiro atoms. The summed E-state index contributed by atoms with van der Waals surface area (Å²) >= 11 is 0. The molecule has 16 heavy (non-hydrogen) atoms. The molecule has 1 atom stereocenters. The lowest BCUT2D eigenvalue weighted by molar-refractivity contribution is -0.156. The number of hydrogen-bond acceptors (Lipinski definition) is 3. The molecule has 0 aromatic carbocycles. The van der Waals surface area contributed by atoms with Crippen LogP contribution in [0.1, 0.15) is 33.1 Å². The van der Waals surface area contributed by atoms with Crippen LogP contribution in [0.25, 0.3) is 0 Å². The van der Waals surface area contributed by atoms with Gasteiger partial charge in [0, 0.05) is 13.7 Å². The van der Waals surface area contributed by atoms with Gasteiger partial charge in [-0.3, -0.25) is 4.79 Å². The van der Waals surface area contributed by atoms with Crippen molar-refractivity contribution in [2.45, 2.75) is 44.8 Å². The van der Waals surface area contributed by atoms with Gasteiger partial charge in [-0.1, -0.05) is 0 Å². The highest BCUT2D eigenvalue weighted by Gasteiger charge is 2.36. The van der Waals surface area contributed by atoms with Crippen LogP contribution < -0.4 is 0 Å². The first-order chi connectivity index (χ1) is 7.35. The molecule has 1 unspecified atom stereocenters. The highest BCUT2D eigenvalue weighted by atomic mass is 16.5. The SMILES string of the molecule is CN(C(=O)CC1CCCO1)C(C)(C)C(=O)O. The number of carboxylic acids is 1. The number of carbonyl (C=O) groups is 2. The Balaban J connectivity index is 2.55. The van der Waals surface area contributed by atoms with Crippen LogP contribution >= 0.6 is 0 Å². The number of carbonyl (C=O) groups excluding carboxylic acids is 1. The average molecular weight is 229 g/mol. The van der Waals surface area contributed by atoms with Gasteiger partial charge >= 0.3 is 5.97 Å². The molecule has 0 aliphatic carbocycles. The maximum atomic E-state index is 11.8. The van der Waals surface area contributed by atoms with E-state index >= 15 is 0 Å². The van der Waals surface area contributed by atoms with Gasteiger partial charge in [0.25, 0.3) is 0 Å². The van der Waals surface area contributed by atoms with E-state index in [1.807, 2.05) is 0 Å². The van der Waals surface area contributed by atoms with Crippen LogP contribution in [-0.4, -0.2) is 47.2 Å². The van der Waals surface area contributed by atoms with Crippen LogP contribution in [-0.2, 0) is 14.3 Å². The molecule has 1 rings (SSSR count). The van der Waals surface area contributed by atoms with Crippen LogP contribution in [0.3, 0.4) is 0 Å². The molecule has 0 bridgehead atoms. The van der Waals surface area contributed by atoms with Crippen molar-refractivity contribution < 1.29 is 19.4 Å². The Kier molecular flexibility index (Phi) is 3.91. The number of rotatable bonds is 4. The van der Waals surface area contributed by atoms with E-state index in [1.165, 1.54) is 25.8 Å². The summed E-state index contributed by atoms with van der Waals surface area (Å²) in [5, 5.41) is 9.00. The van der Waals surface area contributed by atoms with Crippen LogP contribution in [0.2, 0.25) is 0 Å². The molecular weight excluding hydrogens is 210 g/mol. The minimum atomic E-state index is -1.17. The molecule has 0 radical (unpaired) electrons. The summed E-state index contributed by atoms with van der Waals surface area (Å²) in [5.41, 5.74) is -1.17. The smallest absolute Gasteiger partial charge is 0.329 e. The second-order valence-electron chi connectivity index (χ2n) is 4.66. The maximum absolute atomic E-state index is 11.8. The van der Waals surface area contributed by atoms with Gasteiger partial charge in [-0.15, -0.1) is 0 Å². The Morgan fingerprint density at radius 2 is 2.12 bits per heavy atom. The molecule has 1 amide bonds. The molecule has 5 nitrogen and oxygen atoms in total. The van der Waals surface area contributed by atoms with Gasteiger partial charge in [0.2, 0.25) is 5.91 Å². The van der Waals surface area contributed by atoms with Crippen molar-refractivity contribution in [1.29, 1.82) is 0 Å². The van der Waals surface area contributed by atoms with Gasteiger partial charge in [-0.25, -0.2) is 4.79 Å². The Morgan fingerprint density at radius 1 is 1.50 bits per heavy atom. The van der Waals surface area contributed by atoms with Crippen molar-refractivity contribution in [2.24, 2.45) is 0 Å². The Labute approximate surface area is 95.4 Å². The highest BCUT2D eigenvalue weighted by Crippen LogP contribution is 2.19. The van der Waals surface area contributed by atoms with Crippen LogP contribution in [0.15, 0.2) is 0 Å². The summed E-state index contributed by atoms with van der Waals surface area (Å²) in [5.74, 6) is -1.19. The van der Waals surface area contributed by atoms with Crippen LogP contribution in [0.5, 0.6) is 0 Å². The van der Waals surface area contributed by atoms with Gasteiger partial charge < -0.3 is 14.7 Å². The largest absolute Gasteiger partial charge is 0.480 e. The predicted octanol–water partition coefficient (Wildman–Crippen LogP) is 0.877. The van der Waals surface area contributed by atoms with Crippen molar-refractivity contribution in [2.75, 3.05) is 13.7 Å². The highest BCUT2D eigenvalue weighted by molar-refractivity contribution is 5.86. The standard InChI is InChI=1S/C11H19NO4/c1-11(2,10(14)15)12(3)9(13)7-8-5-4-6-16-8/h8H,4-7H2,1-3H3,(H,14,15). The lowest BCUT2D eigenvalue weighted by Crippen LogP contribution is -2.51. The zero-order valence-corrected chi connectivity index (χ0v) is 10.0. The summed E-state index contributed by atoms with van der Waals surface area (Å²) in [6.45, 7) is 3.73. The summed E-state index contributed by atoms with van der Waals surface area (Å²) in [7, 11) is 1.52. The van der Waals surface area contributed by atoms with E-state index in [9.17, 15) is 9.59 Å². The van der Waals surface area contributed by atoms with Gasteiger partial charge in [0.15, 0.2) is 0 Å². The normalized spacial score (nSPS) is 20.8. The van der Waals surface area contributed by atoms with Gasteiger partial charge in [0.05, 0.1) is 12.5 Å². The van der Waals surface area contributed by atoms with Gasteiger partial charge in [-0.05, 0) is 26.7 Å². The van der Waals surface area contributed by atoms with Crippen molar-refractivity contribution in [1.82, 2.24) is 4.90 Å². The number of carboxylic acid groups (broad SMARTS) is 1. The minimum absolute atomic E-state index is 0.0421. The zero-order chi connectivity index (χ0) is 12.3. The molecule has 1 heterocycles. The maximum Gasteiger partial charge on any atom is 0.329 e. The fourth-order valence-corrected chi connectivity index (χ4v) is 1.59. The number of amides is 1. The second-order valence-corrected chi connectivity index (χ2v) is 4.66. The van der Waals surface area contributed by atoms with E-state index in [2.05, 4.69) is 0 Å². The van der Waals surface area contributed by atoms with E-state index in [0.29, 0.717) is 6.61 Å². The minimum Gasteiger partial charge on any atom is -0.480 e. The molecule has 5 heteroatoms. The quantitative estimate of drug-likeness (QED) is 0.777. The molecular formula is C11H19NO4. The second kappa shape index (κ2) is 4.82. The van der Waals surface area contributed by atoms with Crippen LogP contribution in [0.4, 0.5) is 0 Å². The predicted molar refractivity (Wildman–Crippen MR) is 58.1 cm³/mol. The third-order valence-electron chi connectivity index (χ3n) is 3.16. The molecule has 1 fully saturated rings. The monoisotopic (exact) mass is 229 g/mol. The van der Waals surface area contributed by atoms with Crippen molar-refractivity contribution in [3.63, 3.8) is 0 Å².